The van der Waals surface area contributed by atoms with Crippen molar-refractivity contribution in [3.8, 4) is 0 Å². The molecular formula is C16H34N2O. The van der Waals surface area contributed by atoms with Gasteiger partial charge in [0.05, 0.1) is 6.10 Å². The van der Waals surface area contributed by atoms with Gasteiger partial charge in [0.25, 0.3) is 0 Å². The number of hydrogen-bond donors (Lipinski definition) is 1. The fourth-order valence-electron chi connectivity index (χ4n) is 2.93. The maximum atomic E-state index is 5.71. The standard InChI is InChI=1S/C16H34N2O/c1-6-17-15(16(3,4)5)10-13-18-11-8-14(9-12-18)19-7-2/h14-15,17H,6-13H2,1-5H3. The van der Waals surface area contributed by atoms with E-state index in [2.05, 4.69) is 44.8 Å². The summed E-state index contributed by atoms with van der Waals surface area (Å²) in [6.45, 7) is 16.8. The molecule has 1 fully saturated rings. The molecule has 0 amide bonds. The van der Waals surface area contributed by atoms with E-state index in [1.165, 1.54) is 38.9 Å². The lowest BCUT2D eigenvalue weighted by atomic mass is 9.84. The fraction of sp³-hybridized carbons (Fsp3) is 1.00. The summed E-state index contributed by atoms with van der Waals surface area (Å²) >= 11 is 0. The number of likely N-dealkylation sites (tertiary alicyclic amines) is 1. The Bertz CT molecular complexity index is 229. The van der Waals surface area contributed by atoms with Gasteiger partial charge in [-0.15, -0.1) is 0 Å². The Kier molecular flexibility index (Phi) is 7.33. The molecule has 0 aliphatic carbocycles. The van der Waals surface area contributed by atoms with Crippen molar-refractivity contribution in [2.45, 2.75) is 66.0 Å². The monoisotopic (exact) mass is 270 g/mol. The third-order valence-electron chi connectivity index (χ3n) is 4.17. The van der Waals surface area contributed by atoms with Gasteiger partial charge in [0.1, 0.15) is 0 Å². The van der Waals surface area contributed by atoms with Gasteiger partial charge in [-0.25, -0.2) is 0 Å². The summed E-state index contributed by atoms with van der Waals surface area (Å²) in [5, 5.41) is 3.64. The van der Waals surface area contributed by atoms with E-state index in [-0.39, 0.29) is 0 Å². The second-order valence-electron chi connectivity index (χ2n) is 6.76. The van der Waals surface area contributed by atoms with Gasteiger partial charge in [-0.1, -0.05) is 27.7 Å². The number of hydrogen-bond acceptors (Lipinski definition) is 3. The van der Waals surface area contributed by atoms with E-state index in [1.807, 2.05) is 0 Å². The Balaban J connectivity index is 2.28. The first-order valence-electron chi connectivity index (χ1n) is 8.04. The molecular weight excluding hydrogens is 236 g/mol. The molecule has 0 aromatic carbocycles. The van der Waals surface area contributed by atoms with Crippen LogP contribution < -0.4 is 5.32 Å². The van der Waals surface area contributed by atoms with Gasteiger partial charge in [0, 0.05) is 25.7 Å². The summed E-state index contributed by atoms with van der Waals surface area (Å²) in [6.07, 6.45) is 4.16. The number of nitrogens with zero attached hydrogens (tertiary/aromatic N) is 1. The maximum absolute atomic E-state index is 5.71. The van der Waals surface area contributed by atoms with Crippen molar-refractivity contribution in [3.63, 3.8) is 0 Å². The quantitative estimate of drug-likeness (QED) is 0.770. The SMILES string of the molecule is CCNC(CCN1CCC(OCC)CC1)C(C)(C)C. The Morgan fingerprint density at radius 3 is 2.32 bits per heavy atom. The van der Waals surface area contributed by atoms with Gasteiger partial charge in [-0.2, -0.15) is 0 Å². The molecule has 1 heterocycles. The molecule has 19 heavy (non-hydrogen) atoms. The largest absolute Gasteiger partial charge is 0.378 e. The van der Waals surface area contributed by atoms with Crippen LogP contribution >= 0.6 is 0 Å². The van der Waals surface area contributed by atoms with Crippen molar-refractivity contribution in [3.05, 3.63) is 0 Å². The zero-order chi connectivity index (χ0) is 14.3. The number of rotatable bonds is 7. The van der Waals surface area contributed by atoms with Crippen molar-refractivity contribution < 1.29 is 4.74 Å². The Labute approximate surface area is 120 Å². The predicted octanol–water partition coefficient (Wildman–Crippen LogP) is 2.90. The van der Waals surface area contributed by atoms with Crippen LogP contribution in [-0.2, 0) is 4.74 Å². The van der Waals surface area contributed by atoms with Gasteiger partial charge < -0.3 is 15.0 Å². The average molecular weight is 270 g/mol. The van der Waals surface area contributed by atoms with E-state index in [0.29, 0.717) is 17.6 Å². The van der Waals surface area contributed by atoms with Crippen LogP contribution in [0.25, 0.3) is 0 Å². The summed E-state index contributed by atoms with van der Waals surface area (Å²) in [5.41, 5.74) is 0.347. The molecule has 3 heteroatoms. The van der Waals surface area contributed by atoms with Crippen LogP contribution in [0.2, 0.25) is 0 Å². The van der Waals surface area contributed by atoms with Gasteiger partial charge in [-0.05, 0) is 44.7 Å². The minimum absolute atomic E-state index is 0.347. The van der Waals surface area contributed by atoms with Crippen LogP contribution in [0, 0.1) is 5.41 Å². The molecule has 0 bridgehead atoms. The van der Waals surface area contributed by atoms with Crippen molar-refractivity contribution >= 4 is 0 Å². The van der Waals surface area contributed by atoms with Crippen LogP contribution in [0.15, 0.2) is 0 Å². The fourth-order valence-corrected chi connectivity index (χ4v) is 2.93. The molecule has 1 saturated heterocycles. The molecule has 0 saturated carbocycles. The lowest BCUT2D eigenvalue weighted by Crippen LogP contribution is -2.44. The predicted molar refractivity (Wildman–Crippen MR) is 82.6 cm³/mol. The smallest absolute Gasteiger partial charge is 0.0599 e. The van der Waals surface area contributed by atoms with E-state index in [4.69, 9.17) is 4.74 Å². The van der Waals surface area contributed by atoms with Crippen molar-refractivity contribution in [2.75, 3.05) is 32.8 Å². The van der Waals surface area contributed by atoms with Gasteiger partial charge in [0.2, 0.25) is 0 Å². The van der Waals surface area contributed by atoms with Crippen LogP contribution in [0.4, 0.5) is 0 Å². The van der Waals surface area contributed by atoms with Crippen LogP contribution in [0.5, 0.6) is 0 Å². The minimum Gasteiger partial charge on any atom is -0.378 e. The first-order valence-corrected chi connectivity index (χ1v) is 8.04. The topological polar surface area (TPSA) is 24.5 Å². The van der Waals surface area contributed by atoms with Crippen molar-refractivity contribution in [1.29, 1.82) is 0 Å². The Morgan fingerprint density at radius 2 is 1.84 bits per heavy atom. The number of nitrogens with one attached hydrogen (secondary N) is 1. The van der Waals surface area contributed by atoms with E-state index < -0.39 is 0 Å². The normalized spacial score (nSPS) is 20.7. The number of ether oxygens (including phenoxy) is 1. The molecule has 1 N–H and O–H groups in total. The average Bonchev–Trinajstić information content (AvgIpc) is 2.35. The van der Waals surface area contributed by atoms with Crippen LogP contribution in [0.3, 0.4) is 0 Å². The molecule has 1 atom stereocenters. The summed E-state index contributed by atoms with van der Waals surface area (Å²) in [6, 6.07) is 0.613. The van der Waals surface area contributed by atoms with Gasteiger partial charge in [-0.3, -0.25) is 0 Å². The summed E-state index contributed by atoms with van der Waals surface area (Å²) in [4.78, 5) is 2.60. The third-order valence-corrected chi connectivity index (χ3v) is 4.17. The van der Waals surface area contributed by atoms with Crippen LogP contribution in [-0.4, -0.2) is 49.8 Å². The second kappa shape index (κ2) is 8.23. The van der Waals surface area contributed by atoms with Crippen molar-refractivity contribution in [2.24, 2.45) is 5.41 Å². The minimum atomic E-state index is 0.347. The molecule has 1 aliphatic rings. The molecule has 1 unspecified atom stereocenters. The van der Waals surface area contributed by atoms with E-state index in [9.17, 15) is 0 Å². The lowest BCUT2D eigenvalue weighted by Gasteiger charge is -2.36. The Hall–Kier alpha value is -0.120. The highest BCUT2D eigenvalue weighted by Crippen LogP contribution is 2.23. The Morgan fingerprint density at radius 1 is 1.21 bits per heavy atom. The highest BCUT2D eigenvalue weighted by Gasteiger charge is 2.25. The maximum Gasteiger partial charge on any atom is 0.0599 e. The molecule has 3 nitrogen and oxygen atoms in total. The third kappa shape index (κ3) is 6.24. The first kappa shape index (κ1) is 16.9. The van der Waals surface area contributed by atoms with E-state index in [0.717, 1.165) is 13.2 Å². The molecule has 0 spiro atoms. The highest BCUT2D eigenvalue weighted by molar-refractivity contribution is 4.82. The molecule has 0 aromatic rings. The molecule has 0 radical (unpaired) electrons. The van der Waals surface area contributed by atoms with E-state index >= 15 is 0 Å². The molecule has 1 aliphatic heterocycles. The summed E-state index contributed by atoms with van der Waals surface area (Å²) < 4.78 is 5.71. The van der Waals surface area contributed by atoms with Crippen molar-refractivity contribution in [1.82, 2.24) is 10.2 Å². The first-order chi connectivity index (χ1) is 8.97. The number of piperidine rings is 1. The molecule has 114 valence electrons. The summed E-state index contributed by atoms with van der Waals surface area (Å²) in [5.74, 6) is 0. The van der Waals surface area contributed by atoms with Gasteiger partial charge in [0.15, 0.2) is 0 Å². The second-order valence-corrected chi connectivity index (χ2v) is 6.76. The summed E-state index contributed by atoms with van der Waals surface area (Å²) in [7, 11) is 0. The lowest BCUT2D eigenvalue weighted by molar-refractivity contribution is 0.0128. The molecule has 0 aromatic heterocycles. The van der Waals surface area contributed by atoms with Gasteiger partial charge >= 0.3 is 0 Å². The zero-order valence-electron chi connectivity index (χ0n) is 13.7. The van der Waals surface area contributed by atoms with Crippen LogP contribution in [0.1, 0.15) is 53.9 Å². The zero-order valence-corrected chi connectivity index (χ0v) is 13.7. The highest BCUT2D eigenvalue weighted by atomic mass is 16.5. The molecule has 1 rings (SSSR count). The van der Waals surface area contributed by atoms with E-state index in [1.54, 1.807) is 0 Å².